The number of fused-ring (bicyclic) bond motifs is 1. The van der Waals surface area contributed by atoms with Crippen LogP contribution in [0.1, 0.15) is 26.2 Å². The maximum Gasteiger partial charge on any atom is 0.175 e. The molecule has 0 aromatic carbocycles. The molecule has 17 heavy (non-hydrogen) atoms. The molecule has 0 bridgehead atoms. The van der Waals surface area contributed by atoms with Crippen LogP contribution in [0.4, 0.5) is 0 Å². The van der Waals surface area contributed by atoms with E-state index < -0.39 is 5.41 Å². The van der Waals surface area contributed by atoms with Crippen LogP contribution in [0, 0.1) is 11.3 Å². The molecule has 1 unspecified atom stereocenters. The lowest BCUT2D eigenvalue weighted by Crippen LogP contribution is -2.42. The minimum atomic E-state index is -0.615. The van der Waals surface area contributed by atoms with Gasteiger partial charge < -0.3 is 0 Å². The number of thioether (sulfide) groups is 1. The van der Waals surface area contributed by atoms with Crippen molar-refractivity contribution in [1.82, 2.24) is 0 Å². The van der Waals surface area contributed by atoms with Gasteiger partial charge >= 0.3 is 0 Å². The van der Waals surface area contributed by atoms with E-state index in [1.807, 2.05) is 0 Å². The molecule has 1 saturated carbocycles. The van der Waals surface area contributed by atoms with Gasteiger partial charge in [-0.05, 0) is 36.2 Å². The summed E-state index contributed by atoms with van der Waals surface area (Å²) < 4.78 is 0. The first-order valence-electron chi connectivity index (χ1n) is 5.94. The summed E-state index contributed by atoms with van der Waals surface area (Å²) in [5.41, 5.74) is 0.646. The molecule has 2 aliphatic heterocycles. The average molecular weight is 268 g/mol. The predicted molar refractivity (Wildman–Crippen MR) is 72.4 cm³/mol. The topological polar surface area (TPSA) is 29.4 Å². The van der Waals surface area contributed by atoms with E-state index in [2.05, 4.69) is 11.9 Å². The number of hydrogen-bond donors (Lipinski definition) is 0. The van der Waals surface area contributed by atoms with Crippen LogP contribution < -0.4 is 0 Å². The fraction of sp³-hybridized carbons (Fsp3) is 0.538. The number of alkyl halides is 1. The maximum atomic E-state index is 12.3. The van der Waals surface area contributed by atoms with E-state index in [1.165, 1.54) is 29.7 Å². The Bertz CT molecular complexity index is 476. The predicted octanol–water partition coefficient (Wildman–Crippen LogP) is 3.53. The Hall–Kier alpha value is -0.540. The number of carbonyl (C=O) groups excluding carboxylic acids is 1. The molecule has 3 aliphatic rings. The third-order valence-electron chi connectivity index (χ3n) is 4.01. The number of carbonyl (C=O) groups is 1. The minimum absolute atomic E-state index is 0.115. The van der Waals surface area contributed by atoms with Gasteiger partial charge in [0.1, 0.15) is 5.41 Å². The first kappa shape index (κ1) is 11.5. The van der Waals surface area contributed by atoms with Crippen molar-refractivity contribution in [3.8, 4) is 0 Å². The Morgan fingerprint density at radius 2 is 2.35 bits per heavy atom. The summed E-state index contributed by atoms with van der Waals surface area (Å²) in [4.78, 5) is 17.9. The molecule has 90 valence electrons. The summed E-state index contributed by atoms with van der Waals surface area (Å²) in [5.74, 6) is 0.985. The molecule has 4 heteroatoms. The number of ketones is 1. The second-order valence-corrected chi connectivity index (χ2v) is 6.32. The summed E-state index contributed by atoms with van der Waals surface area (Å²) in [6, 6.07) is 0. The van der Waals surface area contributed by atoms with Gasteiger partial charge in [-0.3, -0.25) is 9.79 Å². The maximum absolute atomic E-state index is 12.3. The Morgan fingerprint density at radius 1 is 1.59 bits per heavy atom. The van der Waals surface area contributed by atoms with Crippen LogP contribution in [0.25, 0.3) is 0 Å². The van der Waals surface area contributed by atoms with Crippen LogP contribution >= 0.6 is 23.4 Å². The van der Waals surface area contributed by atoms with Gasteiger partial charge in [-0.25, -0.2) is 0 Å². The first-order chi connectivity index (χ1) is 8.20. The van der Waals surface area contributed by atoms with E-state index in [4.69, 9.17) is 11.6 Å². The Labute approximate surface area is 110 Å². The van der Waals surface area contributed by atoms with Gasteiger partial charge in [0, 0.05) is 18.2 Å². The van der Waals surface area contributed by atoms with Crippen LogP contribution in [0.15, 0.2) is 27.7 Å². The van der Waals surface area contributed by atoms with Crippen LogP contribution in [-0.4, -0.2) is 16.7 Å². The molecular formula is C13H14ClNOS. The molecule has 1 aliphatic carbocycles. The van der Waals surface area contributed by atoms with E-state index in [1.54, 1.807) is 24.0 Å². The summed E-state index contributed by atoms with van der Waals surface area (Å²) in [5, 5.41) is 0.888. The Morgan fingerprint density at radius 3 is 2.94 bits per heavy atom. The second kappa shape index (κ2) is 3.99. The summed E-state index contributed by atoms with van der Waals surface area (Å²) in [6.07, 6.45) is 6.82. The number of aliphatic imine (C=N–C) groups is 1. The zero-order chi connectivity index (χ0) is 12.0. The molecule has 2 nitrogen and oxygen atoms in total. The molecule has 3 rings (SSSR count). The van der Waals surface area contributed by atoms with Gasteiger partial charge in [-0.1, -0.05) is 18.2 Å². The molecule has 2 heterocycles. The van der Waals surface area contributed by atoms with E-state index >= 15 is 0 Å². The number of allylic oxidation sites excluding steroid dienone is 3. The molecule has 0 radical (unpaired) electrons. The van der Waals surface area contributed by atoms with Crippen LogP contribution in [0.3, 0.4) is 0 Å². The zero-order valence-electron chi connectivity index (χ0n) is 9.70. The van der Waals surface area contributed by atoms with Crippen molar-refractivity contribution in [2.75, 3.05) is 5.88 Å². The lowest BCUT2D eigenvalue weighted by molar-refractivity contribution is -0.118. The van der Waals surface area contributed by atoms with Gasteiger partial charge in [-0.2, -0.15) is 0 Å². The Kier molecular flexibility index (Phi) is 2.71. The van der Waals surface area contributed by atoms with Gasteiger partial charge in [0.15, 0.2) is 5.78 Å². The molecule has 0 amide bonds. The third-order valence-corrected chi connectivity index (χ3v) is 5.58. The van der Waals surface area contributed by atoms with Crippen molar-refractivity contribution in [2.24, 2.45) is 16.3 Å². The smallest absolute Gasteiger partial charge is 0.175 e. The van der Waals surface area contributed by atoms with Crippen LogP contribution in [0.2, 0.25) is 0 Å². The van der Waals surface area contributed by atoms with Crippen LogP contribution in [-0.2, 0) is 4.79 Å². The monoisotopic (exact) mass is 267 g/mol. The van der Waals surface area contributed by atoms with E-state index in [0.29, 0.717) is 11.8 Å². The van der Waals surface area contributed by atoms with E-state index in [9.17, 15) is 4.79 Å². The number of rotatable bonds is 2. The highest BCUT2D eigenvalue weighted by Crippen LogP contribution is 2.56. The largest absolute Gasteiger partial charge is 0.293 e. The lowest BCUT2D eigenvalue weighted by Gasteiger charge is -2.37. The number of halogens is 1. The van der Waals surface area contributed by atoms with Crippen molar-refractivity contribution >= 4 is 34.2 Å². The molecule has 0 N–H and O–H groups in total. The highest BCUT2D eigenvalue weighted by molar-refractivity contribution is 8.17. The highest BCUT2D eigenvalue weighted by atomic mass is 35.5. The first-order valence-corrected chi connectivity index (χ1v) is 7.29. The standard InChI is InChI=1S/C13H14ClNOS/c1-8-11(9-3-2-4-9)13(7-14)10(16)5-6-15-12(13)17-8/h5-6,9H,2-4,7H2,1H3. The summed E-state index contributed by atoms with van der Waals surface area (Å²) in [7, 11) is 0. The molecule has 1 fully saturated rings. The summed E-state index contributed by atoms with van der Waals surface area (Å²) in [6.45, 7) is 2.10. The highest BCUT2D eigenvalue weighted by Gasteiger charge is 2.53. The number of hydrogen-bond acceptors (Lipinski definition) is 3. The quantitative estimate of drug-likeness (QED) is 0.717. The molecule has 1 atom stereocenters. The lowest BCUT2D eigenvalue weighted by atomic mass is 9.66. The normalized spacial score (nSPS) is 32.6. The van der Waals surface area contributed by atoms with Crippen molar-refractivity contribution < 1.29 is 4.79 Å². The molecule has 0 aromatic rings. The fourth-order valence-electron chi connectivity index (χ4n) is 2.92. The van der Waals surface area contributed by atoms with Crippen LogP contribution in [0.5, 0.6) is 0 Å². The minimum Gasteiger partial charge on any atom is -0.293 e. The average Bonchev–Trinajstić information content (AvgIpc) is 2.52. The van der Waals surface area contributed by atoms with Crippen molar-refractivity contribution in [1.29, 1.82) is 0 Å². The van der Waals surface area contributed by atoms with Crippen molar-refractivity contribution in [3.63, 3.8) is 0 Å². The van der Waals surface area contributed by atoms with Gasteiger partial charge in [0.05, 0.1) is 5.04 Å². The number of nitrogens with zero attached hydrogens (tertiary/aromatic N) is 1. The van der Waals surface area contributed by atoms with Gasteiger partial charge in [0.25, 0.3) is 0 Å². The van der Waals surface area contributed by atoms with Gasteiger partial charge in [0.2, 0.25) is 0 Å². The third kappa shape index (κ3) is 1.42. The second-order valence-electron chi connectivity index (χ2n) is 4.85. The van der Waals surface area contributed by atoms with Crippen molar-refractivity contribution in [3.05, 3.63) is 22.8 Å². The SMILES string of the molecule is CC1=C(C2CCC2)C2(CCl)C(=O)C=CN=C2S1. The van der Waals surface area contributed by atoms with E-state index in [-0.39, 0.29) is 5.78 Å². The fourth-order valence-corrected chi connectivity index (χ4v) is 4.71. The molecule has 0 spiro atoms. The van der Waals surface area contributed by atoms with Gasteiger partial charge in [-0.15, -0.1) is 11.6 Å². The molecule has 0 saturated heterocycles. The zero-order valence-corrected chi connectivity index (χ0v) is 11.3. The summed E-state index contributed by atoms with van der Waals surface area (Å²) >= 11 is 7.80. The van der Waals surface area contributed by atoms with Crippen molar-refractivity contribution in [2.45, 2.75) is 26.2 Å². The molecular weight excluding hydrogens is 254 g/mol. The van der Waals surface area contributed by atoms with E-state index in [0.717, 1.165) is 5.04 Å². The Balaban J connectivity index is 2.12. The molecule has 0 aromatic heterocycles.